The number of allylic oxidation sites excluding steroid dienone is 1. The van der Waals surface area contributed by atoms with Crippen LogP contribution >= 0.6 is 0 Å². The van der Waals surface area contributed by atoms with Crippen molar-refractivity contribution in [2.45, 2.75) is 89.6 Å². The van der Waals surface area contributed by atoms with Crippen LogP contribution in [0.3, 0.4) is 0 Å². The largest absolute Gasteiger partial charge is 0.443 e. The summed E-state index contributed by atoms with van der Waals surface area (Å²) in [5.41, 5.74) is 6.00. The van der Waals surface area contributed by atoms with Crippen LogP contribution in [-0.4, -0.2) is 62.9 Å². The Morgan fingerprint density at radius 3 is 2.57 bits per heavy atom. The molecule has 174 valence electrons. The molecular weight excluding hydrogens is 384 g/mol. The Balaban J connectivity index is 1.94. The fourth-order valence-electron chi connectivity index (χ4n) is 4.59. The van der Waals surface area contributed by atoms with Crippen LogP contribution in [0.15, 0.2) is 11.6 Å². The standard InChI is InChI=1S/C23H42N2O5/c1-17(2)11-15-28-22(3,4)20-19(27-5)18(10-12-23(20)16-29-23)30-21(26)25-14-9-7-6-8-13-24/h11,18-20H,6-10,12-16,24H2,1-5H3,(H,25,26)/t18?,19?,20?,23-/m0/s1. The van der Waals surface area contributed by atoms with Crippen molar-refractivity contribution in [2.24, 2.45) is 11.7 Å². The predicted octanol–water partition coefficient (Wildman–Crippen LogP) is 3.56. The number of hydrogen-bond donors (Lipinski definition) is 2. The molecular formula is C23H42N2O5. The Hall–Kier alpha value is -1.15. The maximum Gasteiger partial charge on any atom is 0.407 e. The van der Waals surface area contributed by atoms with Gasteiger partial charge in [0.05, 0.1) is 24.4 Å². The maximum absolute atomic E-state index is 12.4. The van der Waals surface area contributed by atoms with Crippen molar-refractivity contribution in [3.63, 3.8) is 0 Å². The maximum atomic E-state index is 12.4. The van der Waals surface area contributed by atoms with Crippen LogP contribution in [0.4, 0.5) is 4.79 Å². The zero-order valence-corrected chi connectivity index (χ0v) is 19.5. The number of hydrogen-bond acceptors (Lipinski definition) is 6. The first-order chi connectivity index (χ1) is 14.3. The molecule has 7 nitrogen and oxygen atoms in total. The number of alkyl carbamates (subject to hydrolysis) is 1. The van der Waals surface area contributed by atoms with E-state index in [2.05, 4.69) is 39.1 Å². The highest BCUT2D eigenvalue weighted by Crippen LogP contribution is 2.52. The van der Waals surface area contributed by atoms with Crippen LogP contribution < -0.4 is 11.1 Å². The molecule has 30 heavy (non-hydrogen) atoms. The number of epoxide rings is 1. The normalized spacial score (nSPS) is 28.3. The SMILES string of the molecule is COC1C(OC(=O)NCCCCCCN)CC[C@]2(CO2)C1C(C)(C)OCC=C(C)C. The van der Waals surface area contributed by atoms with Crippen LogP contribution in [-0.2, 0) is 18.9 Å². The average molecular weight is 427 g/mol. The molecule has 0 bridgehead atoms. The van der Waals surface area contributed by atoms with E-state index in [1.54, 1.807) is 7.11 Å². The summed E-state index contributed by atoms with van der Waals surface area (Å²) in [6.45, 7) is 10.8. The predicted molar refractivity (Wildman–Crippen MR) is 117 cm³/mol. The molecule has 2 rings (SSSR count). The molecule has 0 aromatic carbocycles. The van der Waals surface area contributed by atoms with Gasteiger partial charge in [-0.3, -0.25) is 0 Å². The summed E-state index contributed by atoms with van der Waals surface area (Å²) in [4.78, 5) is 12.4. The van der Waals surface area contributed by atoms with Gasteiger partial charge in [0.1, 0.15) is 12.2 Å². The van der Waals surface area contributed by atoms with Crippen molar-refractivity contribution in [1.29, 1.82) is 0 Å². The minimum absolute atomic E-state index is 0.0247. The van der Waals surface area contributed by atoms with Gasteiger partial charge in [0.25, 0.3) is 0 Å². The molecule has 3 N–H and O–H groups in total. The Bertz CT molecular complexity index is 570. The lowest BCUT2D eigenvalue weighted by atomic mass is 9.68. The van der Waals surface area contributed by atoms with Gasteiger partial charge in [0.15, 0.2) is 0 Å². The first-order valence-electron chi connectivity index (χ1n) is 11.3. The van der Waals surface area contributed by atoms with E-state index in [4.69, 9.17) is 24.7 Å². The molecule has 0 aromatic heterocycles. The molecule has 2 fully saturated rings. The summed E-state index contributed by atoms with van der Waals surface area (Å²) < 4.78 is 23.8. The zero-order valence-electron chi connectivity index (χ0n) is 19.5. The van der Waals surface area contributed by atoms with Gasteiger partial charge in [-0.1, -0.05) is 24.5 Å². The lowest BCUT2D eigenvalue weighted by Crippen LogP contribution is -2.59. The van der Waals surface area contributed by atoms with Gasteiger partial charge in [-0.2, -0.15) is 0 Å². The molecule has 0 radical (unpaired) electrons. The molecule has 1 saturated heterocycles. The number of methoxy groups -OCH3 is 1. The number of nitrogens with two attached hydrogens (primary N) is 1. The summed E-state index contributed by atoms with van der Waals surface area (Å²) >= 11 is 0. The molecule has 3 unspecified atom stereocenters. The second-order valence-electron chi connectivity index (χ2n) is 9.34. The van der Waals surface area contributed by atoms with Gasteiger partial charge in [-0.05, 0) is 59.9 Å². The molecule has 0 aromatic rings. The molecule has 1 saturated carbocycles. The van der Waals surface area contributed by atoms with E-state index in [9.17, 15) is 4.79 Å². The van der Waals surface area contributed by atoms with Gasteiger partial charge in [-0.25, -0.2) is 4.79 Å². The zero-order chi connectivity index (χ0) is 22.2. The number of nitrogens with one attached hydrogen (secondary N) is 1. The van der Waals surface area contributed by atoms with E-state index >= 15 is 0 Å². The van der Waals surface area contributed by atoms with E-state index in [0.29, 0.717) is 19.8 Å². The third-order valence-corrected chi connectivity index (χ3v) is 6.26. The molecule has 1 amide bonds. The minimum Gasteiger partial charge on any atom is -0.443 e. The summed E-state index contributed by atoms with van der Waals surface area (Å²) in [6.07, 6.45) is 6.76. The molecule has 2 aliphatic rings. The number of amides is 1. The van der Waals surface area contributed by atoms with E-state index in [1.807, 2.05) is 0 Å². The van der Waals surface area contributed by atoms with Crippen LogP contribution in [0.25, 0.3) is 0 Å². The van der Waals surface area contributed by atoms with Crippen molar-refractivity contribution in [1.82, 2.24) is 5.32 Å². The van der Waals surface area contributed by atoms with E-state index in [1.165, 1.54) is 5.57 Å². The summed E-state index contributed by atoms with van der Waals surface area (Å²) in [7, 11) is 1.68. The van der Waals surface area contributed by atoms with Crippen molar-refractivity contribution in [3.05, 3.63) is 11.6 Å². The Morgan fingerprint density at radius 1 is 1.27 bits per heavy atom. The monoisotopic (exact) mass is 426 g/mol. The van der Waals surface area contributed by atoms with E-state index in [-0.39, 0.29) is 29.8 Å². The summed E-state index contributed by atoms with van der Waals surface area (Å²) in [5.74, 6) is -0.0247. The number of rotatable bonds is 12. The van der Waals surface area contributed by atoms with Crippen molar-refractivity contribution < 1.29 is 23.7 Å². The topological polar surface area (TPSA) is 95.3 Å². The minimum atomic E-state index is -0.482. The van der Waals surface area contributed by atoms with Crippen molar-refractivity contribution in [2.75, 3.05) is 33.4 Å². The Kier molecular flexibility index (Phi) is 9.60. The van der Waals surface area contributed by atoms with Crippen LogP contribution in [0.5, 0.6) is 0 Å². The van der Waals surface area contributed by atoms with Crippen molar-refractivity contribution in [3.8, 4) is 0 Å². The highest BCUT2D eigenvalue weighted by Gasteiger charge is 2.64. The van der Waals surface area contributed by atoms with E-state index in [0.717, 1.165) is 45.1 Å². The van der Waals surface area contributed by atoms with Crippen LogP contribution in [0, 0.1) is 5.92 Å². The lowest BCUT2D eigenvalue weighted by Gasteiger charge is -2.47. The number of ether oxygens (including phenoxy) is 4. The van der Waals surface area contributed by atoms with Gasteiger partial charge in [-0.15, -0.1) is 0 Å². The van der Waals surface area contributed by atoms with Crippen molar-refractivity contribution >= 4 is 6.09 Å². The lowest BCUT2D eigenvalue weighted by molar-refractivity contribution is -0.172. The van der Waals surface area contributed by atoms with Crippen LogP contribution in [0.1, 0.15) is 66.2 Å². The highest BCUT2D eigenvalue weighted by molar-refractivity contribution is 5.67. The molecule has 1 spiro atoms. The quantitative estimate of drug-likeness (QED) is 0.281. The summed E-state index contributed by atoms with van der Waals surface area (Å²) in [6, 6.07) is 0. The Morgan fingerprint density at radius 2 is 1.97 bits per heavy atom. The Labute approximate surface area is 182 Å². The van der Waals surface area contributed by atoms with Gasteiger partial charge < -0.3 is 30.0 Å². The van der Waals surface area contributed by atoms with Crippen LogP contribution in [0.2, 0.25) is 0 Å². The fourth-order valence-corrected chi connectivity index (χ4v) is 4.59. The van der Waals surface area contributed by atoms with E-state index < -0.39 is 5.60 Å². The molecule has 4 atom stereocenters. The number of carbonyl (C=O) groups is 1. The third kappa shape index (κ3) is 6.94. The smallest absolute Gasteiger partial charge is 0.407 e. The van der Waals surface area contributed by atoms with Gasteiger partial charge in [0.2, 0.25) is 0 Å². The average Bonchev–Trinajstić information content (AvgIpc) is 3.44. The number of carbonyl (C=O) groups excluding carboxylic acids is 1. The third-order valence-electron chi connectivity index (χ3n) is 6.26. The second kappa shape index (κ2) is 11.5. The molecule has 1 aliphatic carbocycles. The summed E-state index contributed by atoms with van der Waals surface area (Å²) in [5, 5.41) is 2.87. The molecule has 7 heteroatoms. The first kappa shape index (κ1) is 25.1. The van der Waals surface area contributed by atoms with Gasteiger partial charge >= 0.3 is 6.09 Å². The first-order valence-corrected chi connectivity index (χ1v) is 11.3. The van der Waals surface area contributed by atoms with Gasteiger partial charge in [0, 0.05) is 19.6 Å². The molecule has 1 aliphatic heterocycles. The highest BCUT2D eigenvalue weighted by atomic mass is 16.6. The fraction of sp³-hybridized carbons (Fsp3) is 0.870. The number of unbranched alkanes of at least 4 members (excludes halogenated alkanes) is 3. The second-order valence-corrected chi connectivity index (χ2v) is 9.34. The molecule has 1 heterocycles.